The number of Topliss-reactive ketones (excluding diaryl/α,β-unsaturated/α-hetero) is 1. The van der Waals surface area contributed by atoms with Crippen molar-refractivity contribution in [1.29, 1.82) is 0 Å². The van der Waals surface area contributed by atoms with Crippen molar-refractivity contribution in [3.63, 3.8) is 0 Å². The number of hydrogen-bond acceptors (Lipinski definition) is 4. The predicted octanol–water partition coefficient (Wildman–Crippen LogP) is 3.06. The predicted molar refractivity (Wildman–Crippen MR) is 76.8 cm³/mol. The molecule has 0 unspecified atom stereocenters. The number of carbonyl (C=O) groups is 1. The Labute approximate surface area is 115 Å². The summed E-state index contributed by atoms with van der Waals surface area (Å²) < 4.78 is 0. The van der Waals surface area contributed by atoms with Crippen LogP contribution >= 0.6 is 0 Å². The van der Waals surface area contributed by atoms with Crippen LogP contribution in [0, 0.1) is 13.8 Å². The van der Waals surface area contributed by atoms with Gasteiger partial charge < -0.3 is 4.90 Å². The highest BCUT2D eigenvalue weighted by Crippen LogP contribution is 2.27. The molecular weight excluding hydrogens is 238 g/mol. The van der Waals surface area contributed by atoms with Crippen LogP contribution in [0.3, 0.4) is 0 Å². The molecule has 1 aliphatic heterocycles. The van der Waals surface area contributed by atoms with Gasteiger partial charge in [-0.15, -0.1) is 0 Å². The van der Waals surface area contributed by atoms with E-state index in [0.29, 0.717) is 17.6 Å². The molecular formula is C15H23N3O. The fourth-order valence-electron chi connectivity index (χ4n) is 3.14. The number of ketones is 1. The first-order valence-electron chi connectivity index (χ1n) is 7.06. The Balaban J connectivity index is 2.43. The highest BCUT2D eigenvalue weighted by Gasteiger charge is 2.27. The fourth-order valence-corrected chi connectivity index (χ4v) is 3.14. The molecule has 19 heavy (non-hydrogen) atoms. The van der Waals surface area contributed by atoms with Crippen LogP contribution < -0.4 is 4.90 Å². The van der Waals surface area contributed by atoms with Gasteiger partial charge in [-0.25, -0.2) is 9.97 Å². The van der Waals surface area contributed by atoms with Crippen molar-refractivity contribution >= 4 is 11.7 Å². The van der Waals surface area contributed by atoms with Crippen LogP contribution in [0.4, 0.5) is 5.95 Å². The van der Waals surface area contributed by atoms with Gasteiger partial charge in [-0.3, -0.25) is 4.79 Å². The van der Waals surface area contributed by atoms with E-state index in [4.69, 9.17) is 0 Å². The van der Waals surface area contributed by atoms with E-state index in [1.807, 2.05) is 13.8 Å². The van der Waals surface area contributed by atoms with Gasteiger partial charge in [-0.05, 0) is 53.9 Å². The van der Waals surface area contributed by atoms with E-state index < -0.39 is 0 Å². The van der Waals surface area contributed by atoms with Crippen LogP contribution in [0.5, 0.6) is 0 Å². The Hall–Kier alpha value is -1.45. The fraction of sp³-hybridized carbons (Fsp3) is 0.667. The number of nitrogens with zero attached hydrogens (tertiary/aromatic N) is 3. The van der Waals surface area contributed by atoms with Crippen LogP contribution in [0.2, 0.25) is 0 Å². The molecule has 4 heteroatoms. The Morgan fingerprint density at radius 3 is 2.00 bits per heavy atom. The zero-order chi connectivity index (χ0) is 14.2. The molecule has 0 bridgehead atoms. The summed E-state index contributed by atoms with van der Waals surface area (Å²) in [7, 11) is 0. The Morgan fingerprint density at radius 1 is 1.11 bits per heavy atom. The molecule has 1 aromatic rings. The first-order valence-corrected chi connectivity index (χ1v) is 7.06. The second-order valence-electron chi connectivity index (χ2n) is 5.66. The molecule has 1 saturated heterocycles. The lowest BCUT2D eigenvalue weighted by molar-refractivity contribution is 0.101. The third-order valence-corrected chi connectivity index (χ3v) is 4.04. The molecule has 2 heterocycles. The lowest BCUT2D eigenvalue weighted by Gasteiger charge is -2.39. The van der Waals surface area contributed by atoms with Crippen molar-refractivity contribution in [2.75, 3.05) is 4.90 Å². The van der Waals surface area contributed by atoms with Crippen LogP contribution in [-0.4, -0.2) is 27.8 Å². The Morgan fingerprint density at radius 2 is 1.58 bits per heavy atom. The molecule has 2 rings (SSSR count). The molecule has 0 N–H and O–H groups in total. The minimum Gasteiger partial charge on any atom is -0.335 e. The van der Waals surface area contributed by atoms with Crippen molar-refractivity contribution in [3.8, 4) is 0 Å². The third-order valence-electron chi connectivity index (χ3n) is 4.04. The SMILES string of the molecule is CC(=O)c1c(C)nc(N2[C@H](C)CCC[C@H]2C)nc1C. The van der Waals surface area contributed by atoms with Gasteiger partial charge in [0.1, 0.15) is 0 Å². The third kappa shape index (κ3) is 2.62. The van der Waals surface area contributed by atoms with Crippen LogP contribution in [0.15, 0.2) is 0 Å². The van der Waals surface area contributed by atoms with E-state index >= 15 is 0 Å². The van der Waals surface area contributed by atoms with Gasteiger partial charge in [0.25, 0.3) is 0 Å². The van der Waals surface area contributed by atoms with E-state index in [-0.39, 0.29) is 5.78 Å². The number of rotatable bonds is 2. The summed E-state index contributed by atoms with van der Waals surface area (Å²) in [6.07, 6.45) is 3.63. The molecule has 0 saturated carbocycles. The number of anilines is 1. The molecule has 4 nitrogen and oxygen atoms in total. The van der Waals surface area contributed by atoms with Crippen molar-refractivity contribution in [2.24, 2.45) is 0 Å². The topological polar surface area (TPSA) is 46.1 Å². The smallest absolute Gasteiger partial charge is 0.226 e. The van der Waals surface area contributed by atoms with Crippen LogP contribution in [0.1, 0.15) is 61.8 Å². The lowest BCUT2D eigenvalue weighted by Crippen LogP contribution is -2.45. The molecule has 0 spiro atoms. The van der Waals surface area contributed by atoms with E-state index in [1.54, 1.807) is 6.92 Å². The summed E-state index contributed by atoms with van der Waals surface area (Å²) in [5, 5.41) is 0. The minimum absolute atomic E-state index is 0.0429. The van der Waals surface area contributed by atoms with Crippen molar-refractivity contribution in [1.82, 2.24) is 9.97 Å². The number of piperidine rings is 1. The molecule has 0 radical (unpaired) electrons. The number of carbonyl (C=O) groups excluding carboxylic acids is 1. The summed E-state index contributed by atoms with van der Waals surface area (Å²) in [6, 6.07) is 0.927. The number of aryl methyl sites for hydroxylation is 2. The first kappa shape index (κ1) is 14.0. The monoisotopic (exact) mass is 261 g/mol. The van der Waals surface area contributed by atoms with Gasteiger partial charge in [0.05, 0.1) is 17.0 Å². The second-order valence-corrected chi connectivity index (χ2v) is 5.66. The number of aromatic nitrogens is 2. The maximum absolute atomic E-state index is 11.6. The normalized spacial score (nSPS) is 23.5. The summed E-state index contributed by atoms with van der Waals surface area (Å²) in [6.45, 7) is 9.82. The van der Waals surface area contributed by atoms with E-state index in [9.17, 15) is 4.79 Å². The zero-order valence-electron chi connectivity index (χ0n) is 12.5. The molecule has 0 aromatic carbocycles. The minimum atomic E-state index is 0.0429. The summed E-state index contributed by atoms with van der Waals surface area (Å²) >= 11 is 0. The summed E-state index contributed by atoms with van der Waals surface area (Å²) in [4.78, 5) is 23.1. The van der Waals surface area contributed by atoms with Crippen LogP contribution in [0.25, 0.3) is 0 Å². The zero-order valence-corrected chi connectivity index (χ0v) is 12.5. The largest absolute Gasteiger partial charge is 0.335 e. The average molecular weight is 261 g/mol. The lowest BCUT2D eigenvalue weighted by atomic mass is 9.98. The Bertz CT molecular complexity index is 465. The highest BCUT2D eigenvalue weighted by atomic mass is 16.1. The van der Waals surface area contributed by atoms with Gasteiger partial charge in [-0.1, -0.05) is 0 Å². The van der Waals surface area contributed by atoms with Crippen LogP contribution in [-0.2, 0) is 0 Å². The van der Waals surface area contributed by atoms with Crippen molar-refractivity contribution < 1.29 is 4.79 Å². The Kier molecular flexibility index (Phi) is 3.88. The van der Waals surface area contributed by atoms with Crippen molar-refractivity contribution in [3.05, 3.63) is 17.0 Å². The maximum Gasteiger partial charge on any atom is 0.226 e. The average Bonchev–Trinajstić information content (AvgIpc) is 2.26. The summed E-state index contributed by atoms with van der Waals surface area (Å²) in [5.74, 6) is 0.820. The molecule has 0 amide bonds. The molecule has 1 aliphatic rings. The summed E-state index contributed by atoms with van der Waals surface area (Å²) in [5.41, 5.74) is 2.25. The standard InChI is InChI=1S/C15H23N3O/c1-9-7-6-8-10(2)18(9)15-16-11(3)14(13(5)19)12(4)17-15/h9-10H,6-8H2,1-5H3/t9-,10-/m1/s1. The second kappa shape index (κ2) is 5.27. The molecule has 1 fully saturated rings. The molecule has 1 aromatic heterocycles. The van der Waals surface area contributed by atoms with E-state index in [2.05, 4.69) is 28.7 Å². The van der Waals surface area contributed by atoms with E-state index in [1.165, 1.54) is 19.3 Å². The van der Waals surface area contributed by atoms with Crippen molar-refractivity contribution in [2.45, 2.75) is 66.0 Å². The molecule has 0 aliphatic carbocycles. The molecule has 2 atom stereocenters. The first-order chi connectivity index (χ1) is 8.91. The van der Waals surface area contributed by atoms with Gasteiger partial charge in [-0.2, -0.15) is 0 Å². The van der Waals surface area contributed by atoms with Gasteiger partial charge in [0, 0.05) is 12.1 Å². The van der Waals surface area contributed by atoms with Gasteiger partial charge in [0.15, 0.2) is 5.78 Å². The highest BCUT2D eigenvalue weighted by molar-refractivity contribution is 5.96. The molecule has 104 valence electrons. The maximum atomic E-state index is 11.6. The van der Waals surface area contributed by atoms with E-state index in [0.717, 1.165) is 17.3 Å². The van der Waals surface area contributed by atoms with Gasteiger partial charge in [0.2, 0.25) is 5.95 Å². The van der Waals surface area contributed by atoms with Gasteiger partial charge >= 0.3 is 0 Å². The number of hydrogen-bond donors (Lipinski definition) is 0. The quantitative estimate of drug-likeness (QED) is 0.768.